The number of nitrogens with zero attached hydrogens (tertiary/aromatic N) is 1. The van der Waals surface area contributed by atoms with Gasteiger partial charge in [-0.1, -0.05) is 26.7 Å². The van der Waals surface area contributed by atoms with Gasteiger partial charge in [0.25, 0.3) is 0 Å². The zero-order valence-electron chi connectivity index (χ0n) is 12.9. The van der Waals surface area contributed by atoms with Gasteiger partial charge in [-0.15, -0.1) is 0 Å². The second-order valence-corrected chi connectivity index (χ2v) is 6.09. The van der Waals surface area contributed by atoms with Crippen molar-refractivity contribution in [3.05, 3.63) is 17.7 Å². The molecule has 0 aromatic carbocycles. The molecule has 0 saturated heterocycles. The average molecular weight is 297 g/mol. The van der Waals surface area contributed by atoms with E-state index >= 15 is 0 Å². The van der Waals surface area contributed by atoms with Crippen molar-refractivity contribution < 1.29 is 8.78 Å². The van der Waals surface area contributed by atoms with Crippen LogP contribution in [0.5, 0.6) is 0 Å². The summed E-state index contributed by atoms with van der Waals surface area (Å²) in [6.45, 7) is 5.57. The quantitative estimate of drug-likeness (QED) is 0.816. The summed E-state index contributed by atoms with van der Waals surface area (Å²) in [5.74, 6) is 0.285. The highest BCUT2D eigenvalue weighted by Gasteiger charge is 2.19. The number of nitrogens with one attached hydrogen (secondary N) is 2. The number of aromatic nitrogens is 1. The standard InChI is InChI=1S/C16H25F2N3/c1-3-7-19-15-13(17)9-14(18)16(21-15)20-10-12-6-4-5-11(2)8-12/h9,11-12H,3-8,10H2,1-2H3,(H2,19,20,21). The van der Waals surface area contributed by atoms with Gasteiger partial charge in [0.15, 0.2) is 23.3 Å². The molecule has 1 saturated carbocycles. The van der Waals surface area contributed by atoms with Gasteiger partial charge in [0, 0.05) is 19.2 Å². The van der Waals surface area contributed by atoms with E-state index < -0.39 is 11.6 Å². The molecule has 2 unspecified atom stereocenters. The summed E-state index contributed by atoms with van der Waals surface area (Å²) in [6, 6.07) is 0.900. The summed E-state index contributed by atoms with van der Waals surface area (Å²) in [6.07, 6.45) is 5.71. The van der Waals surface area contributed by atoms with Crippen LogP contribution in [-0.4, -0.2) is 18.1 Å². The second-order valence-electron chi connectivity index (χ2n) is 6.09. The molecular formula is C16H25F2N3. The summed E-state index contributed by atoms with van der Waals surface area (Å²) >= 11 is 0. The summed E-state index contributed by atoms with van der Waals surface area (Å²) in [5, 5.41) is 5.94. The Labute approximate surface area is 125 Å². The van der Waals surface area contributed by atoms with Crippen molar-refractivity contribution in [2.75, 3.05) is 23.7 Å². The zero-order valence-corrected chi connectivity index (χ0v) is 12.9. The lowest BCUT2D eigenvalue weighted by Gasteiger charge is -2.27. The lowest BCUT2D eigenvalue weighted by atomic mass is 9.82. The molecule has 21 heavy (non-hydrogen) atoms. The zero-order chi connectivity index (χ0) is 15.2. The van der Waals surface area contributed by atoms with Crippen molar-refractivity contribution in [1.29, 1.82) is 0 Å². The molecule has 0 amide bonds. The van der Waals surface area contributed by atoms with Crippen LogP contribution in [0.15, 0.2) is 6.07 Å². The van der Waals surface area contributed by atoms with Crippen LogP contribution in [0.2, 0.25) is 0 Å². The van der Waals surface area contributed by atoms with E-state index in [1.54, 1.807) is 0 Å². The number of anilines is 2. The van der Waals surface area contributed by atoms with E-state index in [9.17, 15) is 8.78 Å². The van der Waals surface area contributed by atoms with E-state index in [-0.39, 0.29) is 11.6 Å². The van der Waals surface area contributed by atoms with E-state index in [1.165, 1.54) is 19.3 Å². The normalized spacial score (nSPS) is 22.1. The first kappa shape index (κ1) is 16.0. The third-order valence-electron chi connectivity index (χ3n) is 4.08. The number of pyridine rings is 1. The van der Waals surface area contributed by atoms with Gasteiger partial charge in [0.2, 0.25) is 0 Å². The Bertz CT molecular complexity index is 465. The molecule has 1 aliphatic carbocycles. The monoisotopic (exact) mass is 297 g/mol. The summed E-state index contributed by atoms with van der Waals surface area (Å²) in [4.78, 5) is 4.04. The maximum absolute atomic E-state index is 13.8. The van der Waals surface area contributed by atoms with E-state index in [0.29, 0.717) is 19.0 Å². The number of hydrogen-bond acceptors (Lipinski definition) is 3. The highest BCUT2D eigenvalue weighted by Crippen LogP contribution is 2.29. The number of hydrogen-bond donors (Lipinski definition) is 2. The predicted octanol–water partition coefficient (Wildman–Crippen LogP) is 4.42. The van der Waals surface area contributed by atoms with Gasteiger partial charge >= 0.3 is 0 Å². The molecule has 1 aliphatic rings. The van der Waals surface area contributed by atoms with Crippen molar-refractivity contribution in [2.45, 2.75) is 46.0 Å². The lowest BCUT2D eigenvalue weighted by Crippen LogP contribution is -2.22. The fourth-order valence-electron chi connectivity index (χ4n) is 2.94. The van der Waals surface area contributed by atoms with Crippen LogP contribution in [0.1, 0.15) is 46.0 Å². The van der Waals surface area contributed by atoms with Gasteiger partial charge in [-0.05, 0) is 31.1 Å². The molecule has 0 spiro atoms. The highest BCUT2D eigenvalue weighted by molar-refractivity contribution is 5.47. The SMILES string of the molecule is CCCNc1nc(NCC2CCCC(C)C2)c(F)cc1F. The fourth-order valence-corrected chi connectivity index (χ4v) is 2.94. The second kappa shape index (κ2) is 7.57. The Kier molecular flexibility index (Phi) is 5.76. The van der Waals surface area contributed by atoms with Crippen molar-refractivity contribution >= 4 is 11.6 Å². The van der Waals surface area contributed by atoms with Crippen molar-refractivity contribution in [1.82, 2.24) is 4.98 Å². The molecule has 1 aromatic heterocycles. The molecular weight excluding hydrogens is 272 g/mol. The third-order valence-corrected chi connectivity index (χ3v) is 4.08. The van der Waals surface area contributed by atoms with Crippen LogP contribution in [0, 0.1) is 23.5 Å². The van der Waals surface area contributed by atoms with Gasteiger partial charge in [-0.3, -0.25) is 0 Å². The van der Waals surface area contributed by atoms with Crippen LogP contribution in [0.4, 0.5) is 20.4 Å². The Morgan fingerprint density at radius 2 is 1.90 bits per heavy atom. The maximum atomic E-state index is 13.8. The Morgan fingerprint density at radius 1 is 1.19 bits per heavy atom. The van der Waals surface area contributed by atoms with E-state index in [1.807, 2.05) is 6.92 Å². The minimum atomic E-state index is -0.641. The first-order valence-corrected chi connectivity index (χ1v) is 7.94. The topological polar surface area (TPSA) is 37.0 Å². The van der Waals surface area contributed by atoms with E-state index in [4.69, 9.17) is 0 Å². The largest absolute Gasteiger partial charge is 0.368 e. The first-order chi connectivity index (χ1) is 10.1. The van der Waals surface area contributed by atoms with Crippen LogP contribution in [0.25, 0.3) is 0 Å². The average Bonchev–Trinajstić information content (AvgIpc) is 2.45. The molecule has 3 nitrogen and oxygen atoms in total. The van der Waals surface area contributed by atoms with Crippen LogP contribution in [0.3, 0.4) is 0 Å². The Morgan fingerprint density at radius 3 is 2.57 bits per heavy atom. The third kappa shape index (κ3) is 4.55. The molecule has 1 aromatic rings. The maximum Gasteiger partial charge on any atom is 0.168 e. The van der Waals surface area contributed by atoms with Crippen LogP contribution >= 0.6 is 0 Å². The van der Waals surface area contributed by atoms with Crippen molar-refractivity contribution in [2.24, 2.45) is 11.8 Å². The number of rotatable bonds is 6. The molecule has 0 radical (unpaired) electrons. The predicted molar refractivity (Wildman–Crippen MR) is 82.5 cm³/mol. The molecule has 2 N–H and O–H groups in total. The van der Waals surface area contributed by atoms with Crippen molar-refractivity contribution in [3.63, 3.8) is 0 Å². The Balaban J connectivity index is 1.98. The molecule has 5 heteroatoms. The summed E-state index contributed by atoms with van der Waals surface area (Å²) in [5.41, 5.74) is 0. The highest BCUT2D eigenvalue weighted by atomic mass is 19.1. The smallest absolute Gasteiger partial charge is 0.168 e. The molecule has 118 valence electrons. The van der Waals surface area contributed by atoms with Gasteiger partial charge in [0.05, 0.1) is 0 Å². The van der Waals surface area contributed by atoms with Gasteiger partial charge in [-0.25, -0.2) is 13.8 Å². The van der Waals surface area contributed by atoms with E-state index in [0.717, 1.165) is 24.8 Å². The van der Waals surface area contributed by atoms with Gasteiger partial charge in [-0.2, -0.15) is 0 Å². The molecule has 1 heterocycles. The Hall–Kier alpha value is -1.39. The fraction of sp³-hybridized carbons (Fsp3) is 0.688. The molecule has 2 atom stereocenters. The van der Waals surface area contributed by atoms with Gasteiger partial charge in [0.1, 0.15) is 0 Å². The van der Waals surface area contributed by atoms with Crippen molar-refractivity contribution in [3.8, 4) is 0 Å². The van der Waals surface area contributed by atoms with Crippen LogP contribution in [-0.2, 0) is 0 Å². The summed E-state index contributed by atoms with van der Waals surface area (Å²) in [7, 11) is 0. The molecule has 0 aliphatic heterocycles. The minimum absolute atomic E-state index is 0.123. The number of halogens is 2. The molecule has 2 rings (SSSR count). The minimum Gasteiger partial charge on any atom is -0.368 e. The summed E-state index contributed by atoms with van der Waals surface area (Å²) < 4.78 is 27.4. The van der Waals surface area contributed by atoms with E-state index in [2.05, 4.69) is 22.5 Å². The lowest BCUT2D eigenvalue weighted by molar-refractivity contribution is 0.293. The van der Waals surface area contributed by atoms with Crippen LogP contribution < -0.4 is 10.6 Å². The van der Waals surface area contributed by atoms with Gasteiger partial charge < -0.3 is 10.6 Å². The molecule has 0 bridgehead atoms. The first-order valence-electron chi connectivity index (χ1n) is 7.94. The molecule has 1 fully saturated rings.